The minimum absolute atomic E-state index is 0.0404. The minimum atomic E-state index is -1.60. The summed E-state index contributed by atoms with van der Waals surface area (Å²) in [5, 5.41) is 0. The normalized spacial score (nSPS) is 22.2. The Kier molecular flexibility index (Phi) is 6.00. The van der Waals surface area contributed by atoms with Crippen LogP contribution in [0.25, 0.3) is 0 Å². The highest BCUT2D eigenvalue weighted by Crippen LogP contribution is 2.43. The molecule has 2 aliphatic rings. The van der Waals surface area contributed by atoms with Crippen molar-refractivity contribution in [2.45, 2.75) is 50.0 Å². The summed E-state index contributed by atoms with van der Waals surface area (Å²) in [6.07, 6.45) is 2.64. The molecule has 1 aromatic carbocycles. The second-order valence-corrected chi connectivity index (χ2v) is 7.75. The number of likely N-dealkylation sites (N-methyl/N-ethyl adjacent to an activating group) is 1. The van der Waals surface area contributed by atoms with Crippen LogP contribution in [-0.4, -0.2) is 60.2 Å². The Hall–Kier alpha value is -2.77. The van der Waals surface area contributed by atoms with Crippen molar-refractivity contribution in [1.29, 1.82) is 0 Å². The molecular weight excluding hydrogens is 379 g/mol. The molecule has 0 spiro atoms. The van der Waals surface area contributed by atoms with Crippen molar-refractivity contribution in [3.8, 4) is 0 Å². The second kappa shape index (κ2) is 8.31. The molecule has 156 valence electrons. The number of rotatable bonds is 6. The van der Waals surface area contributed by atoms with Crippen molar-refractivity contribution in [1.82, 2.24) is 9.80 Å². The summed E-state index contributed by atoms with van der Waals surface area (Å²) in [5.74, 6) is -2.69. The average Bonchev–Trinajstić information content (AvgIpc) is 3.29. The Bertz CT molecular complexity index is 836. The van der Waals surface area contributed by atoms with E-state index in [-0.39, 0.29) is 30.5 Å². The van der Waals surface area contributed by atoms with E-state index in [9.17, 15) is 23.6 Å². The van der Waals surface area contributed by atoms with Crippen LogP contribution in [-0.2, 0) is 29.3 Å². The number of esters is 1. The molecule has 29 heavy (non-hydrogen) atoms. The third-order valence-corrected chi connectivity index (χ3v) is 5.90. The van der Waals surface area contributed by atoms with Crippen LogP contribution < -0.4 is 0 Å². The molecule has 1 unspecified atom stereocenters. The summed E-state index contributed by atoms with van der Waals surface area (Å²) in [6, 6.07) is 5.54. The van der Waals surface area contributed by atoms with Gasteiger partial charge in [-0.2, -0.15) is 0 Å². The maximum Gasteiger partial charge on any atom is 0.325 e. The van der Waals surface area contributed by atoms with Gasteiger partial charge >= 0.3 is 5.97 Å². The van der Waals surface area contributed by atoms with Gasteiger partial charge in [-0.05, 0) is 18.9 Å². The highest BCUT2D eigenvalue weighted by Gasteiger charge is 2.56. The molecule has 7 nitrogen and oxygen atoms in total. The molecule has 1 saturated carbocycles. The van der Waals surface area contributed by atoms with Crippen molar-refractivity contribution >= 4 is 23.7 Å². The molecule has 3 amide bonds. The molecule has 1 aromatic rings. The van der Waals surface area contributed by atoms with Gasteiger partial charge in [-0.25, -0.2) is 4.39 Å². The van der Waals surface area contributed by atoms with Gasteiger partial charge in [0.1, 0.15) is 12.4 Å². The largest absolute Gasteiger partial charge is 0.468 e. The van der Waals surface area contributed by atoms with Crippen LogP contribution in [0.3, 0.4) is 0 Å². The number of methoxy groups -OCH3 is 1. The SMILES string of the molecule is COC(=O)CN(C)C(=O)CC1(c2ccccc2F)CC(=O)N(C2CCCC2)C1=O. The molecule has 0 aromatic heterocycles. The van der Waals surface area contributed by atoms with E-state index in [1.807, 2.05) is 0 Å². The Labute approximate surface area is 168 Å². The number of hydrogen-bond donors (Lipinski definition) is 0. The minimum Gasteiger partial charge on any atom is -0.468 e. The topological polar surface area (TPSA) is 84.0 Å². The Morgan fingerprint density at radius 1 is 1.24 bits per heavy atom. The van der Waals surface area contributed by atoms with Crippen LogP contribution in [0.15, 0.2) is 24.3 Å². The maximum absolute atomic E-state index is 14.7. The fraction of sp³-hybridized carbons (Fsp3) is 0.524. The molecule has 1 atom stereocenters. The quantitative estimate of drug-likeness (QED) is 0.533. The summed E-state index contributed by atoms with van der Waals surface area (Å²) in [4.78, 5) is 53.0. The van der Waals surface area contributed by atoms with Crippen molar-refractivity contribution in [2.75, 3.05) is 20.7 Å². The molecule has 0 radical (unpaired) electrons. The number of halogens is 1. The lowest BCUT2D eigenvalue weighted by atomic mass is 9.75. The number of benzene rings is 1. The number of amides is 3. The van der Waals surface area contributed by atoms with Crippen LogP contribution in [0.1, 0.15) is 44.1 Å². The summed E-state index contributed by atoms with van der Waals surface area (Å²) < 4.78 is 19.3. The first-order chi connectivity index (χ1) is 13.8. The molecule has 1 aliphatic carbocycles. The van der Waals surface area contributed by atoms with Gasteiger partial charge in [-0.15, -0.1) is 0 Å². The van der Waals surface area contributed by atoms with Crippen molar-refractivity contribution in [3.05, 3.63) is 35.6 Å². The molecule has 1 aliphatic heterocycles. The number of carbonyl (C=O) groups excluding carboxylic acids is 4. The fourth-order valence-electron chi connectivity index (χ4n) is 4.33. The fourth-order valence-corrected chi connectivity index (χ4v) is 4.33. The van der Waals surface area contributed by atoms with Gasteiger partial charge in [0, 0.05) is 31.5 Å². The summed E-state index contributed by atoms with van der Waals surface area (Å²) in [6.45, 7) is -0.294. The summed E-state index contributed by atoms with van der Waals surface area (Å²) >= 11 is 0. The predicted octanol–water partition coefficient (Wildman–Crippen LogP) is 1.79. The Morgan fingerprint density at radius 2 is 1.90 bits per heavy atom. The average molecular weight is 404 g/mol. The molecule has 8 heteroatoms. The number of hydrogen-bond acceptors (Lipinski definition) is 5. The maximum atomic E-state index is 14.7. The third kappa shape index (κ3) is 3.88. The van der Waals surface area contributed by atoms with Crippen LogP contribution in [0.5, 0.6) is 0 Å². The molecule has 1 heterocycles. The molecule has 1 saturated heterocycles. The number of carbonyl (C=O) groups is 4. The zero-order chi connectivity index (χ0) is 21.2. The Morgan fingerprint density at radius 3 is 2.52 bits per heavy atom. The van der Waals surface area contributed by atoms with E-state index < -0.39 is 35.4 Å². The monoisotopic (exact) mass is 404 g/mol. The Balaban J connectivity index is 1.97. The van der Waals surface area contributed by atoms with Gasteiger partial charge in [0.05, 0.1) is 12.5 Å². The van der Waals surface area contributed by atoms with Gasteiger partial charge in [-0.3, -0.25) is 24.1 Å². The van der Waals surface area contributed by atoms with Crippen LogP contribution in [0, 0.1) is 5.82 Å². The molecule has 2 fully saturated rings. The van der Waals surface area contributed by atoms with E-state index in [1.54, 1.807) is 6.07 Å². The van der Waals surface area contributed by atoms with Crippen LogP contribution in [0.4, 0.5) is 4.39 Å². The summed E-state index contributed by atoms with van der Waals surface area (Å²) in [5.41, 5.74) is -1.56. The lowest BCUT2D eigenvalue weighted by Crippen LogP contribution is -2.46. The van der Waals surface area contributed by atoms with Crippen molar-refractivity contribution in [2.24, 2.45) is 0 Å². The van der Waals surface area contributed by atoms with Crippen molar-refractivity contribution in [3.63, 3.8) is 0 Å². The number of ether oxygens (including phenoxy) is 1. The van der Waals surface area contributed by atoms with Gasteiger partial charge in [-0.1, -0.05) is 31.0 Å². The van der Waals surface area contributed by atoms with Gasteiger partial charge in [0.15, 0.2) is 0 Å². The number of nitrogens with zero attached hydrogens (tertiary/aromatic N) is 2. The van der Waals surface area contributed by atoms with Gasteiger partial charge < -0.3 is 9.64 Å². The zero-order valence-electron chi connectivity index (χ0n) is 16.7. The van der Waals surface area contributed by atoms with Gasteiger partial charge in [0.2, 0.25) is 17.7 Å². The van der Waals surface area contributed by atoms with E-state index in [4.69, 9.17) is 0 Å². The lowest BCUT2D eigenvalue weighted by Gasteiger charge is -2.30. The first-order valence-electron chi connectivity index (χ1n) is 9.72. The standard InChI is InChI=1S/C21H25FN2O5/c1-23(13-19(27)29-2)17(25)11-21(15-9-5-6-10-16(15)22)12-18(26)24(20(21)28)14-7-3-4-8-14/h5-6,9-10,14H,3-4,7-8,11-13H2,1-2H3. The van der Waals surface area contributed by atoms with Crippen LogP contribution >= 0.6 is 0 Å². The van der Waals surface area contributed by atoms with Crippen molar-refractivity contribution < 1.29 is 28.3 Å². The summed E-state index contributed by atoms with van der Waals surface area (Å²) in [7, 11) is 2.62. The highest BCUT2D eigenvalue weighted by atomic mass is 19.1. The molecule has 3 rings (SSSR count). The van der Waals surface area contributed by atoms with E-state index in [2.05, 4.69) is 4.74 Å². The van der Waals surface area contributed by atoms with E-state index in [0.29, 0.717) is 0 Å². The lowest BCUT2D eigenvalue weighted by molar-refractivity contribution is -0.147. The zero-order valence-corrected chi connectivity index (χ0v) is 16.7. The molecule has 0 bridgehead atoms. The molecule has 0 N–H and O–H groups in total. The van der Waals surface area contributed by atoms with Crippen LogP contribution in [0.2, 0.25) is 0 Å². The number of likely N-dealkylation sites (tertiary alicyclic amines) is 1. The number of imide groups is 1. The molecular formula is C21H25FN2O5. The van der Waals surface area contributed by atoms with E-state index in [0.717, 1.165) is 30.6 Å². The van der Waals surface area contributed by atoms with E-state index in [1.165, 1.54) is 37.3 Å². The predicted molar refractivity (Wildman–Crippen MR) is 101 cm³/mol. The second-order valence-electron chi connectivity index (χ2n) is 7.75. The smallest absolute Gasteiger partial charge is 0.325 e. The first-order valence-corrected chi connectivity index (χ1v) is 9.72. The highest BCUT2D eigenvalue weighted by molar-refractivity contribution is 6.11. The third-order valence-electron chi connectivity index (χ3n) is 5.90. The first kappa shape index (κ1) is 21.0. The van der Waals surface area contributed by atoms with E-state index >= 15 is 0 Å². The van der Waals surface area contributed by atoms with Gasteiger partial charge in [0.25, 0.3) is 0 Å².